The summed E-state index contributed by atoms with van der Waals surface area (Å²) in [5.74, 6) is 0.489. The Hall–Kier alpha value is -2.69. The van der Waals surface area contributed by atoms with Crippen molar-refractivity contribution in [2.75, 3.05) is 0 Å². The van der Waals surface area contributed by atoms with Gasteiger partial charge >= 0.3 is 0 Å². The standard InChI is InChI=1S/C20H21FN4/c1-14-3-6-18(24-10-14)7-4-16-9-19(21)20(25-11-16)8-5-17-12-22-15(2)23-13-17/h3,6,9-13H,4-5,7-8H2,1-2H3. The zero-order valence-corrected chi connectivity index (χ0v) is 14.5. The summed E-state index contributed by atoms with van der Waals surface area (Å²) in [4.78, 5) is 17.0. The predicted molar refractivity (Wildman–Crippen MR) is 94.8 cm³/mol. The van der Waals surface area contributed by atoms with Crippen LogP contribution in [0.2, 0.25) is 0 Å². The van der Waals surface area contributed by atoms with E-state index >= 15 is 0 Å². The van der Waals surface area contributed by atoms with Crippen molar-refractivity contribution in [3.8, 4) is 0 Å². The van der Waals surface area contributed by atoms with E-state index in [-0.39, 0.29) is 5.82 Å². The summed E-state index contributed by atoms with van der Waals surface area (Å²) in [6.45, 7) is 3.85. The molecule has 0 saturated carbocycles. The third kappa shape index (κ3) is 4.89. The SMILES string of the molecule is Cc1ccc(CCc2cnc(CCc3cnc(C)nc3)c(F)c2)nc1. The van der Waals surface area contributed by atoms with E-state index in [4.69, 9.17) is 0 Å². The van der Waals surface area contributed by atoms with Gasteiger partial charge in [0, 0.05) is 30.5 Å². The Kier molecular flexibility index (Phi) is 5.43. The van der Waals surface area contributed by atoms with E-state index in [1.54, 1.807) is 24.7 Å². The van der Waals surface area contributed by atoms with E-state index in [0.29, 0.717) is 18.5 Å². The normalized spacial score (nSPS) is 10.8. The van der Waals surface area contributed by atoms with Crippen molar-refractivity contribution in [1.29, 1.82) is 0 Å². The molecule has 3 heterocycles. The Balaban J connectivity index is 1.58. The Morgan fingerprint density at radius 1 is 0.760 bits per heavy atom. The fraction of sp³-hybridized carbons (Fsp3) is 0.300. The zero-order valence-electron chi connectivity index (χ0n) is 14.5. The topological polar surface area (TPSA) is 51.6 Å². The highest BCUT2D eigenvalue weighted by Gasteiger charge is 2.07. The van der Waals surface area contributed by atoms with E-state index in [1.165, 1.54) is 0 Å². The molecule has 0 amide bonds. The van der Waals surface area contributed by atoms with Crippen LogP contribution in [0.3, 0.4) is 0 Å². The van der Waals surface area contributed by atoms with Gasteiger partial charge in [-0.05, 0) is 68.4 Å². The van der Waals surface area contributed by atoms with Crippen LogP contribution in [0.25, 0.3) is 0 Å². The maximum absolute atomic E-state index is 14.3. The molecule has 0 fully saturated rings. The molecule has 25 heavy (non-hydrogen) atoms. The number of rotatable bonds is 6. The van der Waals surface area contributed by atoms with Gasteiger partial charge in [-0.15, -0.1) is 0 Å². The lowest BCUT2D eigenvalue weighted by molar-refractivity contribution is 0.593. The Labute approximate surface area is 147 Å². The molecule has 4 nitrogen and oxygen atoms in total. The molecule has 0 bridgehead atoms. The number of aromatic nitrogens is 4. The Morgan fingerprint density at radius 2 is 1.48 bits per heavy atom. The van der Waals surface area contributed by atoms with Crippen LogP contribution >= 0.6 is 0 Å². The average Bonchev–Trinajstić information content (AvgIpc) is 2.62. The highest BCUT2D eigenvalue weighted by Crippen LogP contribution is 2.12. The lowest BCUT2D eigenvalue weighted by atomic mass is 10.1. The van der Waals surface area contributed by atoms with Gasteiger partial charge in [0.05, 0.1) is 5.69 Å². The smallest absolute Gasteiger partial charge is 0.144 e. The maximum Gasteiger partial charge on any atom is 0.144 e. The summed E-state index contributed by atoms with van der Waals surface area (Å²) in [5, 5.41) is 0. The molecule has 0 radical (unpaired) electrons. The highest BCUT2D eigenvalue weighted by atomic mass is 19.1. The van der Waals surface area contributed by atoms with Gasteiger partial charge in [-0.3, -0.25) is 9.97 Å². The minimum atomic E-state index is -0.248. The molecule has 3 aromatic heterocycles. The van der Waals surface area contributed by atoms with Gasteiger partial charge < -0.3 is 0 Å². The molecule has 0 saturated heterocycles. The van der Waals surface area contributed by atoms with Gasteiger partial charge in [0.2, 0.25) is 0 Å². The van der Waals surface area contributed by atoms with Crippen LogP contribution < -0.4 is 0 Å². The van der Waals surface area contributed by atoms with Gasteiger partial charge in [0.25, 0.3) is 0 Å². The second kappa shape index (κ2) is 7.92. The second-order valence-electron chi connectivity index (χ2n) is 6.24. The fourth-order valence-corrected chi connectivity index (χ4v) is 2.56. The Morgan fingerprint density at radius 3 is 2.16 bits per heavy atom. The van der Waals surface area contributed by atoms with E-state index in [0.717, 1.165) is 41.1 Å². The summed E-state index contributed by atoms with van der Waals surface area (Å²) in [7, 11) is 0. The largest absolute Gasteiger partial charge is 0.261 e. The van der Waals surface area contributed by atoms with Gasteiger partial charge in [-0.25, -0.2) is 14.4 Å². The van der Waals surface area contributed by atoms with Crippen molar-refractivity contribution in [1.82, 2.24) is 19.9 Å². The van der Waals surface area contributed by atoms with E-state index < -0.39 is 0 Å². The van der Waals surface area contributed by atoms with Crippen molar-refractivity contribution in [2.45, 2.75) is 39.5 Å². The summed E-state index contributed by atoms with van der Waals surface area (Å²) >= 11 is 0. The molecular formula is C20H21FN4. The molecule has 0 aromatic carbocycles. The molecule has 0 spiro atoms. The molecule has 0 aliphatic heterocycles. The molecule has 0 unspecified atom stereocenters. The summed E-state index contributed by atoms with van der Waals surface area (Å²) in [6, 6.07) is 5.64. The minimum absolute atomic E-state index is 0.248. The first kappa shape index (κ1) is 17.1. The average molecular weight is 336 g/mol. The minimum Gasteiger partial charge on any atom is -0.261 e. The molecule has 0 atom stereocenters. The van der Waals surface area contributed by atoms with Gasteiger partial charge in [0.15, 0.2) is 0 Å². The number of aryl methyl sites for hydroxylation is 6. The summed E-state index contributed by atoms with van der Waals surface area (Å²) < 4.78 is 14.3. The molecular weight excluding hydrogens is 315 g/mol. The predicted octanol–water partition coefficient (Wildman–Crippen LogP) is 3.59. The third-order valence-corrected chi connectivity index (χ3v) is 4.10. The molecule has 3 aromatic rings. The van der Waals surface area contributed by atoms with Crippen molar-refractivity contribution < 1.29 is 4.39 Å². The van der Waals surface area contributed by atoms with Crippen molar-refractivity contribution >= 4 is 0 Å². The van der Waals surface area contributed by atoms with E-state index in [2.05, 4.69) is 19.9 Å². The quantitative estimate of drug-likeness (QED) is 0.690. The molecule has 3 rings (SSSR count). The molecule has 5 heteroatoms. The van der Waals surface area contributed by atoms with Crippen molar-refractivity contribution in [2.24, 2.45) is 0 Å². The van der Waals surface area contributed by atoms with Crippen LogP contribution in [0.4, 0.5) is 4.39 Å². The first-order valence-electron chi connectivity index (χ1n) is 8.42. The first-order chi connectivity index (χ1) is 12.1. The van der Waals surface area contributed by atoms with Crippen molar-refractivity contribution in [3.63, 3.8) is 0 Å². The van der Waals surface area contributed by atoms with Gasteiger partial charge in [0.1, 0.15) is 11.6 Å². The molecule has 0 N–H and O–H groups in total. The van der Waals surface area contributed by atoms with Gasteiger partial charge in [-0.1, -0.05) is 6.07 Å². The van der Waals surface area contributed by atoms with Crippen LogP contribution in [-0.2, 0) is 25.7 Å². The van der Waals surface area contributed by atoms with Gasteiger partial charge in [-0.2, -0.15) is 0 Å². The summed E-state index contributed by atoms with van der Waals surface area (Å²) in [5.41, 5.74) is 4.51. The zero-order chi connectivity index (χ0) is 17.6. The highest BCUT2D eigenvalue weighted by molar-refractivity contribution is 5.20. The third-order valence-electron chi connectivity index (χ3n) is 4.10. The maximum atomic E-state index is 14.3. The monoisotopic (exact) mass is 336 g/mol. The molecule has 0 aliphatic rings. The van der Waals surface area contributed by atoms with Crippen LogP contribution in [0, 0.1) is 19.7 Å². The van der Waals surface area contributed by atoms with E-state index in [9.17, 15) is 4.39 Å². The van der Waals surface area contributed by atoms with Crippen LogP contribution in [0.1, 0.15) is 33.9 Å². The van der Waals surface area contributed by atoms with Crippen LogP contribution in [-0.4, -0.2) is 19.9 Å². The van der Waals surface area contributed by atoms with Crippen molar-refractivity contribution in [3.05, 3.63) is 82.7 Å². The molecule has 0 aliphatic carbocycles. The molecule has 128 valence electrons. The number of pyridine rings is 2. The summed E-state index contributed by atoms with van der Waals surface area (Å²) in [6.07, 6.45) is 9.90. The number of nitrogens with zero attached hydrogens (tertiary/aromatic N) is 4. The number of hydrogen-bond donors (Lipinski definition) is 0. The number of halogens is 1. The van der Waals surface area contributed by atoms with Crippen LogP contribution in [0.15, 0.2) is 43.0 Å². The number of hydrogen-bond acceptors (Lipinski definition) is 4. The first-order valence-corrected chi connectivity index (χ1v) is 8.42. The fourth-order valence-electron chi connectivity index (χ4n) is 2.56. The van der Waals surface area contributed by atoms with E-state index in [1.807, 2.05) is 32.2 Å². The Bertz CT molecular complexity index is 829. The second-order valence-corrected chi connectivity index (χ2v) is 6.24. The van der Waals surface area contributed by atoms with Crippen LogP contribution in [0.5, 0.6) is 0 Å². The lowest BCUT2D eigenvalue weighted by Gasteiger charge is -2.06. The lowest BCUT2D eigenvalue weighted by Crippen LogP contribution is -2.02.